The fourth-order valence-corrected chi connectivity index (χ4v) is 5.03. The molecule has 2 aromatic carbocycles. The van der Waals surface area contributed by atoms with Crippen LogP contribution in [0.25, 0.3) is 11.0 Å². The number of sulfonamides is 1. The molecule has 0 aliphatic carbocycles. The second-order valence-electron chi connectivity index (χ2n) is 7.38. The summed E-state index contributed by atoms with van der Waals surface area (Å²) >= 11 is 0. The molecule has 1 aliphatic heterocycles. The fourth-order valence-electron chi connectivity index (χ4n) is 3.56. The number of benzene rings is 2. The summed E-state index contributed by atoms with van der Waals surface area (Å²) in [5.74, 6) is -0.941. The van der Waals surface area contributed by atoms with Crippen LogP contribution in [-0.4, -0.2) is 59.7 Å². The molecule has 0 unspecified atom stereocenters. The number of nitrogens with one attached hydrogen (secondary N) is 1. The van der Waals surface area contributed by atoms with Gasteiger partial charge in [-0.3, -0.25) is 4.79 Å². The Morgan fingerprint density at radius 1 is 1.03 bits per heavy atom. The summed E-state index contributed by atoms with van der Waals surface area (Å²) in [5, 5.41) is 0. The van der Waals surface area contributed by atoms with Crippen LogP contribution >= 0.6 is 0 Å². The predicted molar refractivity (Wildman–Crippen MR) is 107 cm³/mol. The Morgan fingerprint density at radius 2 is 1.73 bits per heavy atom. The molecule has 0 atom stereocenters. The van der Waals surface area contributed by atoms with Crippen LogP contribution in [0.4, 0.5) is 22.0 Å². The number of piperazine rings is 1. The van der Waals surface area contributed by atoms with Gasteiger partial charge in [-0.2, -0.15) is 17.5 Å². The summed E-state index contributed by atoms with van der Waals surface area (Å²) in [6.45, 7) is -0.182. The quantitative estimate of drug-likeness (QED) is 0.568. The van der Waals surface area contributed by atoms with Crippen LogP contribution in [0, 0.1) is 0 Å². The monoisotopic (exact) mass is 488 g/mol. The maximum atomic E-state index is 12.9. The first-order valence-electron chi connectivity index (χ1n) is 9.71. The molecule has 7 nitrogen and oxygen atoms in total. The molecular weight excluding hydrogens is 471 g/mol. The van der Waals surface area contributed by atoms with Gasteiger partial charge in [0.05, 0.1) is 21.5 Å². The van der Waals surface area contributed by atoms with E-state index in [9.17, 15) is 35.2 Å². The molecule has 176 valence electrons. The van der Waals surface area contributed by atoms with E-state index in [4.69, 9.17) is 0 Å². The Morgan fingerprint density at radius 3 is 2.36 bits per heavy atom. The lowest BCUT2D eigenvalue weighted by Gasteiger charge is -2.34. The predicted octanol–water partition coefficient (Wildman–Crippen LogP) is 3.67. The van der Waals surface area contributed by atoms with E-state index >= 15 is 0 Å². The van der Waals surface area contributed by atoms with Gasteiger partial charge in [0, 0.05) is 31.7 Å². The maximum absolute atomic E-state index is 12.9. The average Bonchev–Trinajstić information content (AvgIpc) is 3.22. The third-order valence-corrected chi connectivity index (χ3v) is 7.17. The van der Waals surface area contributed by atoms with Gasteiger partial charge in [0.25, 0.3) is 12.3 Å². The lowest BCUT2D eigenvalue weighted by atomic mass is 10.1. The molecule has 3 aromatic rings. The van der Waals surface area contributed by atoms with Crippen molar-refractivity contribution < 1.29 is 35.2 Å². The Labute approximate surface area is 184 Å². The first-order valence-corrected chi connectivity index (χ1v) is 11.2. The Kier molecular flexibility index (Phi) is 5.86. The Balaban J connectivity index is 1.47. The minimum atomic E-state index is -4.68. The van der Waals surface area contributed by atoms with E-state index in [0.29, 0.717) is 6.07 Å². The molecule has 1 saturated heterocycles. The summed E-state index contributed by atoms with van der Waals surface area (Å²) in [6, 6.07) is 7.75. The number of H-pyrrole nitrogens is 1. The minimum Gasteiger partial charge on any atom is -0.337 e. The van der Waals surface area contributed by atoms with Crippen molar-refractivity contribution in [3.8, 4) is 0 Å². The third-order valence-electron chi connectivity index (χ3n) is 5.28. The molecule has 1 amide bonds. The molecule has 13 heteroatoms. The van der Waals surface area contributed by atoms with Gasteiger partial charge in [-0.1, -0.05) is 6.07 Å². The molecule has 1 aromatic heterocycles. The van der Waals surface area contributed by atoms with E-state index < -0.39 is 44.8 Å². The number of fused-ring (bicyclic) bond motifs is 1. The highest BCUT2D eigenvalue weighted by Crippen LogP contribution is 2.31. The van der Waals surface area contributed by atoms with Crippen molar-refractivity contribution in [2.75, 3.05) is 26.2 Å². The molecule has 0 bridgehead atoms. The van der Waals surface area contributed by atoms with Crippen LogP contribution in [0.5, 0.6) is 0 Å². The first kappa shape index (κ1) is 23.1. The number of aromatic nitrogens is 2. The molecule has 2 heterocycles. The van der Waals surface area contributed by atoms with Crippen molar-refractivity contribution in [1.29, 1.82) is 0 Å². The van der Waals surface area contributed by atoms with Crippen molar-refractivity contribution in [2.24, 2.45) is 0 Å². The molecule has 33 heavy (non-hydrogen) atoms. The van der Waals surface area contributed by atoms with Gasteiger partial charge in [0.1, 0.15) is 0 Å². The molecule has 1 fully saturated rings. The third kappa shape index (κ3) is 4.55. The maximum Gasteiger partial charge on any atom is 0.416 e. The van der Waals surface area contributed by atoms with Crippen LogP contribution < -0.4 is 0 Å². The molecule has 1 N–H and O–H groups in total. The van der Waals surface area contributed by atoms with E-state index in [1.165, 1.54) is 23.1 Å². The summed E-state index contributed by atoms with van der Waals surface area (Å²) in [5.41, 5.74) is -0.316. The van der Waals surface area contributed by atoms with Crippen molar-refractivity contribution in [3.05, 3.63) is 59.4 Å². The van der Waals surface area contributed by atoms with Gasteiger partial charge >= 0.3 is 6.18 Å². The topological polar surface area (TPSA) is 86.4 Å². The van der Waals surface area contributed by atoms with Crippen LogP contribution in [0.2, 0.25) is 0 Å². The molecule has 1 aliphatic rings. The lowest BCUT2D eigenvalue weighted by Crippen LogP contribution is -2.50. The number of carbonyl (C=O) groups excluding carboxylic acids is 1. The van der Waals surface area contributed by atoms with Crippen molar-refractivity contribution >= 4 is 27.0 Å². The highest BCUT2D eigenvalue weighted by atomic mass is 32.2. The van der Waals surface area contributed by atoms with Gasteiger partial charge in [0.2, 0.25) is 10.0 Å². The Bertz CT molecular complexity index is 1300. The standard InChI is InChI=1S/C20H17F5N4O3S/c21-17(22)18-26-15-5-4-12(10-16(15)27-18)19(30)28-6-8-29(9-7-28)33(31,32)14-3-1-2-13(11-14)20(23,24)25/h1-5,10-11,17H,6-9H2,(H,26,27). The second kappa shape index (κ2) is 8.37. The van der Waals surface area contributed by atoms with Gasteiger partial charge in [-0.15, -0.1) is 0 Å². The SMILES string of the molecule is O=C(c1ccc2nc(C(F)F)[nH]c2c1)N1CCN(S(=O)(=O)c2cccc(C(F)(F)F)c2)CC1. The average molecular weight is 488 g/mol. The first-order chi connectivity index (χ1) is 15.5. The summed E-state index contributed by atoms with van der Waals surface area (Å²) < 4.78 is 91.1. The molecule has 0 spiro atoms. The summed E-state index contributed by atoms with van der Waals surface area (Å²) in [7, 11) is -4.18. The van der Waals surface area contributed by atoms with E-state index in [2.05, 4.69) is 9.97 Å². The minimum absolute atomic E-state index is 0.0142. The lowest BCUT2D eigenvalue weighted by molar-refractivity contribution is -0.137. The largest absolute Gasteiger partial charge is 0.416 e. The van der Waals surface area contributed by atoms with Crippen molar-refractivity contribution in [1.82, 2.24) is 19.2 Å². The number of hydrogen-bond acceptors (Lipinski definition) is 4. The van der Waals surface area contributed by atoms with Crippen molar-refractivity contribution in [3.63, 3.8) is 0 Å². The number of nitrogens with zero attached hydrogens (tertiary/aromatic N) is 3. The molecule has 0 radical (unpaired) electrons. The van der Waals surface area contributed by atoms with Gasteiger partial charge in [0.15, 0.2) is 5.82 Å². The van der Waals surface area contributed by atoms with E-state index in [-0.39, 0.29) is 42.8 Å². The van der Waals surface area contributed by atoms with Crippen LogP contribution in [0.15, 0.2) is 47.4 Å². The van der Waals surface area contributed by atoms with Gasteiger partial charge in [-0.05, 0) is 36.4 Å². The summed E-state index contributed by atoms with van der Waals surface area (Å²) in [4.78, 5) is 19.9. The van der Waals surface area contributed by atoms with Crippen LogP contribution in [-0.2, 0) is 16.2 Å². The number of amides is 1. The zero-order valence-electron chi connectivity index (χ0n) is 16.8. The van der Waals surface area contributed by atoms with Crippen LogP contribution in [0.1, 0.15) is 28.2 Å². The highest BCUT2D eigenvalue weighted by molar-refractivity contribution is 7.89. The van der Waals surface area contributed by atoms with E-state index in [1.54, 1.807) is 0 Å². The Hall–Kier alpha value is -3.06. The number of alkyl halides is 5. The zero-order valence-corrected chi connectivity index (χ0v) is 17.6. The molecule has 4 rings (SSSR count). The molecule has 0 saturated carbocycles. The normalized spacial score (nSPS) is 16.0. The zero-order chi connectivity index (χ0) is 24.0. The van der Waals surface area contributed by atoms with Crippen LogP contribution in [0.3, 0.4) is 0 Å². The van der Waals surface area contributed by atoms with Gasteiger partial charge < -0.3 is 9.88 Å². The fraction of sp³-hybridized carbons (Fsp3) is 0.300. The highest BCUT2D eigenvalue weighted by Gasteiger charge is 2.34. The van der Waals surface area contributed by atoms with E-state index in [1.807, 2.05) is 0 Å². The molecular formula is C20H17F5N4O3S. The number of rotatable bonds is 4. The second-order valence-corrected chi connectivity index (χ2v) is 9.31. The van der Waals surface area contributed by atoms with E-state index in [0.717, 1.165) is 22.5 Å². The number of halogens is 5. The number of carbonyl (C=O) groups is 1. The smallest absolute Gasteiger partial charge is 0.337 e. The van der Waals surface area contributed by atoms with Gasteiger partial charge in [-0.25, -0.2) is 22.2 Å². The number of imidazole rings is 1. The van der Waals surface area contributed by atoms with Crippen molar-refractivity contribution in [2.45, 2.75) is 17.5 Å². The summed E-state index contributed by atoms with van der Waals surface area (Å²) in [6.07, 6.45) is -7.47. The number of aromatic amines is 1. The number of hydrogen-bond donors (Lipinski definition) is 1.